The van der Waals surface area contributed by atoms with E-state index in [0.29, 0.717) is 6.04 Å². The zero-order valence-electron chi connectivity index (χ0n) is 11.1. The first-order valence-corrected chi connectivity index (χ1v) is 6.13. The van der Waals surface area contributed by atoms with Crippen molar-refractivity contribution < 1.29 is 4.39 Å². The molecule has 1 N–H and O–H groups in total. The minimum Gasteiger partial charge on any atom is -0.309 e. The van der Waals surface area contributed by atoms with Crippen molar-refractivity contribution in [1.82, 2.24) is 15.1 Å². The molecule has 0 saturated carbocycles. The van der Waals surface area contributed by atoms with Crippen LogP contribution in [0.25, 0.3) is 0 Å². The third kappa shape index (κ3) is 4.65. The SMILES string of the molecule is CC(C)n1cc(CNCc2ccc(F)cc2)cn1.Cl. The van der Waals surface area contributed by atoms with Crippen molar-refractivity contribution in [2.45, 2.75) is 33.0 Å². The van der Waals surface area contributed by atoms with Gasteiger partial charge in [-0.25, -0.2) is 4.39 Å². The lowest BCUT2D eigenvalue weighted by atomic mass is 10.2. The maximum atomic E-state index is 12.7. The predicted molar refractivity (Wildman–Crippen MR) is 76.8 cm³/mol. The van der Waals surface area contributed by atoms with E-state index in [1.807, 2.05) is 17.1 Å². The van der Waals surface area contributed by atoms with Gasteiger partial charge in [-0.05, 0) is 31.5 Å². The van der Waals surface area contributed by atoms with Crippen LogP contribution in [0.5, 0.6) is 0 Å². The summed E-state index contributed by atoms with van der Waals surface area (Å²) in [6, 6.07) is 6.93. The Morgan fingerprint density at radius 3 is 2.37 bits per heavy atom. The standard InChI is InChI=1S/C14H18FN3.ClH/c1-11(2)18-10-13(9-17-18)8-16-7-12-3-5-14(15)6-4-12;/h3-6,9-11,16H,7-8H2,1-2H3;1H. The van der Waals surface area contributed by atoms with Gasteiger partial charge < -0.3 is 5.32 Å². The Kier molecular flexibility index (Phi) is 5.99. The second-order valence-corrected chi connectivity index (χ2v) is 4.65. The molecule has 1 heterocycles. The molecule has 0 atom stereocenters. The Morgan fingerprint density at radius 2 is 1.79 bits per heavy atom. The molecule has 0 spiro atoms. The molecule has 0 fully saturated rings. The van der Waals surface area contributed by atoms with Crippen LogP contribution >= 0.6 is 12.4 Å². The summed E-state index contributed by atoms with van der Waals surface area (Å²) in [4.78, 5) is 0. The molecular formula is C14H19ClFN3. The lowest BCUT2D eigenvalue weighted by Crippen LogP contribution is -2.12. The number of aromatic nitrogens is 2. The lowest BCUT2D eigenvalue weighted by Gasteiger charge is -2.04. The van der Waals surface area contributed by atoms with Crippen molar-refractivity contribution >= 4 is 12.4 Å². The third-order valence-electron chi connectivity index (χ3n) is 2.76. The molecule has 5 heteroatoms. The van der Waals surface area contributed by atoms with Gasteiger partial charge in [-0.3, -0.25) is 4.68 Å². The Bertz CT molecular complexity index is 494. The van der Waals surface area contributed by atoms with E-state index >= 15 is 0 Å². The molecule has 0 aliphatic heterocycles. The largest absolute Gasteiger partial charge is 0.309 e. The molecule has 0 unspecified atom stereocenters. The zero-order chi connectivity index (χ0) is 13.0. The first kappa shape index (κ1) is 15.7. The van der Waals surface area contributed by atoms with Crippen LogP contribution in [0.2, 0.25) is 0 Å². The Hall–Kier alpha value is -1.39. The number of halogens is 2. The van der Waals surface area contributed by atoms with Crippen LogP contribution in [0.3, 0.4) is 0 Å². The van der Waals surface area contributed by atoms with Gasteiger partial charge in [0, 0.05) is 30.9 Å². The zero-order valence-corrected chi connectivity index (χ0v) is 12.0. The second kappa shape index (κ2) is 7.26. The van der Waals surface area contributed by atoms with Crippen LogP contribution in [-0.2, 0) is 13.1 Å². The fourth-order valence-corrected chi connectivity index (χ4v) is 1.70. The summed E-state index contributed by atoms with van der Waals surface area (Å²) < 4.78 is 14.7. The number of nitrogens with one attached hydrogen (secondary N) is 1. The molecule has 2 rings (SSSR count). The Morgan fingerprint density at radius 1 is 1.16 bits per heavy atom. The van der Waals surface area contributed by atoms with Crippen LogP contribution in [0.15, 0.2) is 36.7 Å². The van der Waals surface area contributed by atoms with Gasteiger partial charge in [0.05, 0.1) is 6.20 Å². The Balaban J connectivity index is 0.00000180. The van der Waals surface area contributed by atoms with Gasteiger partial charge in [-0.2, -0.15) is 5.10 Å². The third-order valence-corrected chi connectivity index (χ3v) is 2.76. The van der Waals surface area contributed by atoms with Gasteiger partial charge in [0.1, 0.15) is 5.82 Å². The van der Waals surface area contributed by atoms with Crippen molar-refractivity contribution in [3.8, 4) is 0 Å². The van der Waals surface area contributed by atoms with Gasteiger partial charge in [0.25, 0.3) is 0 Å². The second-order valence-electron chi connectivity index (χ2n) is 4.65. The van der Waals surface area contributed by atoms with Crippen LogP contribution in [0, 0.1) is 5.82 Å². The summed E-state index contributed by atoms with van der Waals surface area (Å²) in [5.74, 6) is -0.197. The molecule has 0 radical (unpaired) electrons. The maximum absolute atomic E-state index is 12.7. The topological polar surface area (TPSA) is 29.9 Å². The average Bonchev–Trinajstić information content (AvgIpc) is 2.81. The maximum Gasteiger partial charge on any atom is 0.123 e. The van der Waals surface area contributed by atoms with Crippen molar-refractivity contribution in [1.29, 1.82) is 0 Å². The normalized spacial score (nSPS) is 10.5. The summed E-state index contributed by atoms with van der Waals surface area (Å²) in [5.41, 5.74) is 2.23. The van der Waals surface area contributed by atoms with E-state index < -0.39 is 0 Å². The molecular weight excluding hydrogens is 265 g/mol. The van der Waals surface area contributed by atoms with Crippen LogP contribution in [0.1, 0.15) is 31.0 Å². The Labute approximate surface area is 119 Å². The summed E-state index contributed by atoms with van der Waals surface area (Å²) in [6.07, 6.45) is 3.92. The molecule has 19 heavy (non-hydrogen) atoms. The highest BCUT2D eigenvalue weighted by Gasteiger charge is 2.01. The van der Waals surface area contributed by atoms with E-state index in [2.05, 4.69) is 24.3 Å². The first-order chi connectivity index (χ1) is 8.65. The van der Waals surface area contributed by atoms with E-state index in [9.17, 15) is 4.39 Å². The van der Waals surface area contributed by atoms with E-state index in [1.165, 1.54) is 12.1 Å². The van der Waals surface area contributed by atoms with E-state index in [-0.39, 0.29) is 18.2 Å². The minimum absolute atomic E-state index is 0. The number of hydrogen-bond acceptors (Lipinski definition) is 2. The lowest BCUT2D eigenvalue weighted by molar-refractivity contribution is 0.531. The van der Waals surface area contributed by atoms with Gasteiger partial charge in [-0.15, -0.1) is 12.4 Å². The average molecular weight is 284 g/mol. The van der Waals surface area contributed by atoms with Gasteiger partial charge >= 0.3 is 0 Å². The molecule has 0 saturated heterocycles. The molecule has 3 nitrogen and oxygen atoms in total. The predicted octanol–water partition coefficient (Wildman–Crippen LogP) is 3.31. The first-order valence-electron chi connectivity index (χ1n) is 6.13. The molecule has 1 aromatic carbocycles. The fourth-order valence-electron chi connectivity index (χ4n) is 1.70. The molecule has 104 valence electrons. The number of nitrogens with zero attached hydrogens (tertiary/aromatic N) is 2. The minimum atomic E-state index is -0.197. The monoisotopic (exact) mass is 283 g/mol. The highest BCUT2D eigenvalue weighted by Crippen LogP contribution is 2.06. The van der Waals surface area contributed by atoms with E-state index in [0.717, 1.165) is 24.2 Å². The van der Waals surface area contributed by atoms with Gasteiger partial charge in [0.2, 0.25) is 0 Å². The molecule has 0 aliphatic carbocycles. The molecule has 2 aromatic rings. The molecule has 0 amide bonds. The molecule has 0 bridgehead atoms. The molecule has 0 aliphatic rings. The van der Waals surface area contributed by atoms with Crippen LogP contribution in [0.4, 0.5) is 4.39 Å². The highest BCUT2D eigenvalue weighted by molar-refractivity contribution is 5.85. The van der Waals surface area contributed by atoms with Gasteiger partial charge in [-0.1, -0.05) is 12.1 Å². The van der Waals surface area contributed by atoms with E-state index in [4.69, 9.17) is 0 Å². The summed E-state index contributed by atoms with van der Waals surface area (Å²) in [6.45, 7) is 5.70. The van der Waals surface area contributed by atoms with Crippen molar-refractivity contribution in [3.05, 3.63) is 53.6 Å². The van der Waals surface area contributed by atoms with Gasteiger partial charge in [0.15, 0.2) is 0 Å². The van der Waals surface area contributed by atoms with Crippen LogP contribution < -0.4 is 5.32 Å². The van der Waals surface area contributed by atoms with Crippen molar-refractivity contribution in [2.24, 2.45) is 0 Å². The summed E-state index contributed by atoms with van der Waals surface area (Å²) in [7, 11) is 0. The smallest absolute Gasteiger partial charge is 0.123 e. The van der Waals surface area contributed by atoms with Crippen molar-refractivity contribution in [3.63, 3.8) is 0 Å². The van der Waals surface area contributed by atoms with Crippen LogP contribution in [-0.4, -0.2) is 9.78 Å². The van der Waals surface area contributed by atoms with E-state index in [1.54, 1.807) is 12.1 Å². The molecule has 1 aromatic heterocycles. The summed E-state index contributed by atoms with van der Waals surface area (Å²) in [5, 5.41) is 7.59. The highest BCUT2D eigenvalue weighted by atomic mass is 35.5. The fraction of sp³-hybridized carbons (Fsp3) is 0.357. The number of benzene rings is 1. The quantitative estimate of drug-likeness (QED) is 0.912. The number of hydrogen-bond donors (Lipinski definition) is 1. The van der Waals surface area contributed by atoms with Crippen molar-refractivity contribution in [2.75, 3.05) is 0 Å². The summed E-state index contributed by atoms with van der Waals surface area (Å²) >= 11 is 0. The number of rotatable bonds is 5.